The molecule has 1 aromatic carbocycles. The van der Waals surface area contributed by atoms with E-state index in [9.17, 15) is 9.90 Å². The van der Waals surface area contributed by atoms with Crippen LogP contribution in [0.1, 0.15) is 43.1 Å². The van der Waals surface area contributed by atoms with E-state index in [0.29, 0.717) is 11.5 Å². The first-order chi connectivity index (χ1) is 8.82. The fourth-order valence-corrected chi connectivity index (χ4v) is 3.14. The third-order valence-electron chi connectivity index (χ3n) is 4.84. The summed E-state index contributed by atoms with van der Waals surface area (Å²) in [7, 11) is 0. The predicted octanol–water partition coefficient (Wildman–Crippen LogP) is 2.37. The Kier molecular flexibility index (Phi) is 3.68. The Labute approximate surface area is 114 Å². The summed E-state index contributed by atoms with van der Waals surface area (Å²) in [4.78, 5) is 11.2. The van der Waals surface area contributed by atoms with E-state index in [1.807, 2.05) is 18.2 Å². The molecule has 0 heterocycles. The van der Waals surface area contributed by atoms with Crippen molar-refractivity contribution >= 4 is 5.91 Å². The van der Waals surface area contributed by atoms with Gasteiger partial charge in [-0.2, -0.15) is 0 Å². The van der Waals surface area contributed by atoms with Gasteiger partial charge in [-0.1, -0.05) is 32.9 Å². The van der Waals surface area contributed by atoms with Gasteiger partial charge in [0.05, 0.1) is 6.10 Å². The zero-order valence-electron chi connectivity index (χ0n) is 11.9. The molecule has 3 atom stereocenters. The molecule has 0 spiro atoms. The highest BCUT2D eigenvalue weighted by molar-refractivity contribution is 5.92. The molecular formula is C16H23NO2. The maximum Gasteiger partial charge on any atom is 0.248 e. The minimum Gasteiger partial charge on any atom is -0.392 e. The summed E-state index contributed by atoms with van der Waals surface area (Å²) < 4.78 is 0. The van der Waals surface area contributed by atoms with Crippen molar-refractivity contribution in [2.75, 3.05) is 0 Å². The maximum absolute atomic E-state index is 11.2. The van der Waals surface area contributed by atoms with Crippen molar-refractivity contribution in [3.63, 3.8) is 0 Å². The largest absolute Gasteiger partial charge is 0.392 e. The molecule has 3 unspecified atom stereocenters. The molecule has 1 fully saturated rings. The topological polar surface area (TPSA) is 63.3 Å². The van der Waals surface area contributed by atoms with Crippen LogP contribution in [0.25, 0.3) is 0 Å². The Morgan fingerprint density at radius 3 is 2.68 bits per heavy atom. The number of amides is 1. The number of nitrogens with two attached hydrogens (primary N) is 1. The van der Waals surface area contributed by atoms with E-state index < -0.39 is 5.91 Å². The number of hydrogen-bond donors (Lipinski definition) is 2. The lowest BCUT2D eigenvalue weighted by Gasteiger charge is -2.29. The van der Waals surface area contributed by atoms with Crippen LogP contribution in [0.3, 0.4) is 0 Å². The van der Waals surface area contributed by atoms with Crippen molar-refractivity contribution in [2.45, 2.75) is 39.7 Å². The first-order valence-corrected chi connectivity index (χ1v) is 6.89. The van der Waals surface area contributed by atoms with E-state index >= 15 is 0 Å². The van der Waals surface area contributed by atoms with Gasteiger partial charge in [0.25, 0.3) is 0 Å². The van der Waals surface area contributed by atoms with Gasteiger partial charge in [0.1, 0.15) is 0 Å². The fourth-order valence-electron chi connectivity index (χ4n) is 3.14. The Morgan fingerprint density at radius 1 is 1.47 bits per heavy atom. The number of rotatable bonds is 3. The fraction of sp³-hybridized carbons (Fsp3) is 0.562. The second-order valence-corrected chi connectivity index (χ2v) is 6.43. The monoisotopic (exact) mass is 261 g/mol. The van der Waals surface area contributed by atoms with Crippen LogP contribution in [0.15, 0.2) is 24.3 Å². The lowest BCUT2D eigenvalue weighted by molar-refractivity contribution is 0.0326. The van der Waals surface area contributed by atoms with Crippen molar-refractivity contribution in [2.24, 2.45) is 23.0 Å². The number of aliphatic hydroxyl groups is 1. The second-order valence-electron chi connectivity index (χ2n) is 6.43. The van der Waals surface area contributed by atoms with Gasteiger partial charge in [-0.25, -0.2) is 0 Å². The third-order valence-corrected chi connectivity index (χ3v) is 4.84. The van der Waals surface area contributed by atoms with Crippen molar-refractivity contribution in [3.8, 4) is 0 Å². The van der Waals surface area contributed by atoms with Gasteiger partial charge in [0, 0.05) is 5.56 Å². The van der Waals surface area contributed by atoms with Crippen LogP contribution < -0.4 is 5.73 Å². The molecule has 3 nitrogen and oxygen atoms in total. The van der Waals surface area contributed by atoms with E-state index in [0.717, 1.165) is 18.4 Å². The first kappa shape index (κ1) is 14.1. The zero-order chi connectivity index (χ0) is 14.2. The standard InChI is InChI=1S/C16H23NO2/c1-10-7-13(14(18)16(10,2)3)9-11-5-4-6-12(8-11)15(17)19/h4-6,8,10,13-14,18H,7,9H2,1-3H3,(H2,17,19). The zero-order valence-corrected chi connectivity index (χ0v) is 11.9. The van der Waals surface area contributed by atoms with Crippen LogP contribution in [0, 0.1) is 17.3 Å². The molecule has 1 aliphatic rings. The summed E-state index contributed by atoms with van der Waals surface area (Å²) in [6.07, 6.45) is 1.53. The lowest BCUT2D eigenvalue weighted by Crippen LogP contribution is -2.31. The molecular weight excluding hydrogens is 238 g/mol. The number of carbonyl (C=O) groups is 1. The predicted molar refractivity (Wildman–Crippen MR) is 75.7 cm³/mol. The van der Waals surface area contributed by atoms with E-state index in [1.165, 1.54) is 0 Å². The van der Waals surface area contributed by atoms with Crippen LogP contribution in [-0.4, -0.2) is 17.1 Å². The average Bonchev–Trinajstić information content (AvgIpc) is 2.54. The lowest BCUT2D eigenvalue weighted by atomic mass is 9.80. The van der Waals surface area contributed by atoms with Crippen LogP contribution in [-0.2, 0) is 6.42 Å². The molecule has 19 heavy (non-hydrogen) atoms. The Morgan fingerprint density at radius 2 is 2.16 bits per heavy atom. The summed E-state index contributed by atoms with van der Waals surface area (Å²) in [5.41, 5.74) is 6.87. The van der Waals surface area contributed by atoms with E-state index in [1.54, 1.807) is 6.07 Å². The van der Waals surface area contributed by atoms with Crippen molar-refractivity contribution in [3.05, 3.63) is 35.4 Å². The Bertz CT molecular complexity index is 481. The summed E-state index contributed by atoms with van der Waals surface area (Å²) in [6, 6.07) is 7.41. The average molecular weight is 261 g/mol. The van der Waals surface area contributed by atoms with Crippen molar-refractivity contribution in [1.82, 2.24) is 0 Å². The number of primary amides is 1. The van der Waals surface area contributed by atoms with E-state index in [4.69, 9.17) is 5.73 Å². The molecule has 1 aliphatic carbocycles. The van der Waals surface area contributed by atoms with Gasteiger partial charge in [-0.3, -0.25) is 4.79 Å². The first-order valence-electron chi connectivity index (χ1n) is 6.89. The van der Waals surface area contributed by atoms with Crippen LogP contribution in [0.5, 0.6) is 0 Å². The van der Waals surface area contributed by atoms with Gasteiger partial charge < -0.3 is 10.8 Å². The molecule has 1 aromatic rings. The summed E-state index contributed by atoms with van der Waals surface area (Å²) in [5, 5.41) is 10.4. The van der Waals surface area contributed by atoms with E-state index in [-0.39, 0.29) is 17.4 Å². The molecule has 0 saturated heterocycles. The molecule has 1 saturated carbocycles. The number of benzene rings is 1. The normalized spacial score (nSPS) is 29.4. The molecule has 104 valence electrons. The van der Waals surface area contributed by atoms with Gasteiger partial charge in [-0.05, 0) is 47.8 Å². The van der Waals surface area contributed by atoms with Gasteiger partial charge in [0.15, 0.2) is 0 Å². The molecule has 0 radical (unpaired) electrons. The molecule has 2 rings (SSSR count). The number of aliphatic hydroxyl groups excluding tert-OH is 1. The molecule has 3 N–H and O–H groups in total. The Balaban J connectivity index is 2.14. The van der Waals surface area contributed by atoms with Crippen molar-refractivity contribution < 1.29 is 9.90 Å². The molecule has 0 aromatic heterocycles. The van der Waals surface area contributed by atoms with Crippen LogP contribution in [0.4, 0.5) is 0 Å². The smallest absolute Gasteiger partial charge is 0.248 e. The molecule has 0 bridgehead atoms. The van der Waals surface area contributed by atoms with Crippen LogP contribution in [0.2, 0.25) is 0 Å². The van der Waals surface area contributed by atoms with Gasteiger partial charge in [0.2, 0.25) is 5.91 Å². The summed E-state index contributed by atoms with van der Waals surface area (Å²) >= 11 is 0. The van der Waals surface area contributed by atoms with Crippen LogP contribution >= 0.6 is 0 Å². The summed E-state index contributed by atoms with van der Waals surface area (Å²) in [5.74, 6) is 0.363. The molecule has 1 amide bonds. The highest BCUT2D eigenvalue weighted by Gasteiger charge is 2.45. The molecule has 3 heteroatoms. The van der Waals surface area contributed by atoms with Gasteiger partial charge in [-0.15, -0.1) is 0 Å². The highest BCUT2D eigenvalue weighted by Crippen LogP contribution is 2.46. The number of carbonyl (C=O) groups excluding carboxylic acids is 1. The van der Waals surface area contributed by atoms with Gasteiger partial charge >= 0.3 is 0 Å². The minimum atomic E-state index is -0.400. The quantitative estimate of drug-likeness (QED) is 0.877. The summed E-state index contributed by atoms with van der Waals surface area (Å²) in [6.45, 7) is 6.45. The Hall–Kier alpha value is -1.35. The maximum atomic E-state index is 11.2. The molecule has 0 aliphatic heterocycles. The van der Waals surface area contributed by atoms with Crippen molar-refractivity contribution in [1.29, 1.82) is 0 Å². The van der Waals surface area contributed by atoms with E-state index in [2.05, 4.69) is 20.8 Å². The second kappa shape index (κ2) is 4.97. The third kappa shape index (κ3) is 2.66. The highest BCUT2D eigenvalue weighted by atomic mass is 16.3. The SMILES string of the molecule is CC1CC(Cc2cccc(C(N)=O)c2)C(O)C1(C)C. The number of hydrogen-bond acceptors (Lipinski definition) is 2. The minimum absolute atomic E-state index is 0.0358.